The summed E-state index contributed by atoms with van der Waals surface area (Å²) in [4.78, 5) is 24.3. The molecular formula is C26H21N7O2S2. The lowest BCUT2D eigenvalue weighted by Crippen LogP contribution is -2.31. The van der Waals surface area contributed by atoms with E-state index in [-0.39, 0.29) is 24.6 Å². The number of rotatable bonds is 10. The van der Waals surface area contributed by atoms with Crippen LogP contribution in [0.15, 0.2) is 88.2 Å². The fraction of sp³-hybridized carbons (Fsp3) is 0.154. The van der Waals surface area contributed by atoms with Crippen molar-refractivity contribution < 1.29 is 9.21 Å². The van der Waals surface area contributed by atoms with Gasteiger partial charge in [-0.25, -0.2) is 4.98 Å². The first-order chi connectivity index (χ1) is 18.2. The summed E-state index contributed by atoms with van der Waals surface area (Å²) in [5.41, 5.74) is 2.02. The molecule has 0 unspecified atom stereocenters. The van der Waals surface area contributed by atoms with Crippen LogP contribution in [-0.4, -0.2) is 42.1 Å². The van der Waals surface area contributed by atoms with E-state index in [4.69, 9.17) is 9.68 Å². The molecule has 9 nitrogen and oxygen atoms in total. The Morgan fingerprint density at radius 1 is 1.14 bits per heavy atom. The van der Waals surface area contributed by atoms with E-state index < -0.39 is 0 Å². The van der Waals surface area contributed by atoms with E-state index in [0.717, 1.165) is 22.0 Å². The molecule has 0 saturated heterocycles. The van der Waals surface area contributed by atoms with Gasteiger partial charge in [0.05, 0.1) is 23.1 Å². The van der Waals surface area contributed by atoms with Crippen LogP contribution in [0.1, 0.15) is 28.4 Å². The van der Waals surface area contributed by atoms with Gasteiger partial charge in [-0.2, -0.15) is 5.26 Å². The van der Waals surface area contributed by atoms with E-state index in [1.165, 1.54) is 18.0 Å². The molecule has 0 saturated carbocycles. The summed E-state index contributed by atoms with van der Waals surface area (Å²) in [7, 11) is 0. The fourth-order valence-corrected chi connectivity index (χ4v) is 5.15. The van der Waals surface area contributed by atoms with E-state index >= 15 is 0 Å². The Kier molecular flexibility index (Phi) is 7.69. The van der Waals surface area contributed by atoms with Crippen LogP contribution >= 0.6 is 23.1 Å². The third-order valence-electron chi connectivity index (χ3n) is 5.36. The largest absolute Gasteiger partial charge is 0.447 e. The first-order valence-corrected chi connectivity index (χ1v) is 13.3. The molecule has 184 valence electrons. The van der Waals surface area contributed by atoms with E-state index in [1.54, 1.807) is 28.6 Å². The minimum Gasteiger partial charge on any atom is -0.447 e. The standard InChI is InChI=1S/C26H21N7O2S2/c27-11-6-13-32(16-19-7-4-12-28-15-19)25(34)21-17-35-23(29-21)18-37-26-31-30-24(22-10-5-14-36-22)33(26)20-8-2-1-3-9-20/h1-5,7-10,12,14-15,17H,6,13,16,18H2. The van der Waals surface area contributed by atoms with Crippen LogP contribution in [0.2, 0.25) is 0 Å². The molecule has 0 bridgehead atoms. The molecular weight excluding hydrogens is 506 g/mol. The number of pyridine rings is 1. The van der Waals surface area contributed by atoms with Crippen molar-refractivity contribution in [3.8, 4) is 22.5 Å². The van der Waals surface area contributed by atoms with Gasteiger partial charge < -0.3 is 9.32 Å². The molecule has 11 heteroatoms. The fourth-order valence-electron chi connectivity index (χ4n) is 3.65. The highest BCUT2D eigenvalue weighted by Gasteiger charge is 2.22. The third-order valence-corrected chi connectivity index (χ3v) is 7.14. The highest BCUT2D eigenvalue weighted by molar-refractivity contribution is 7.98. The zero-order chi connectivity index (χ0) is 25.5. The van der Waals surface area contributed by atoms with Crippen molar-refractivity contribution in [1.82, 2.24) is 29.6 Å². The lowest BCUT2D eigenvalue weighted by Gasteiger charge is -2.20. The number of nitrogens with zero attached hydrogens (tertiary/aromatic N) is 7. The predicted octanol–water partition coefficient (Wildman–Crippen LogP) is 5.23. The molecule has 0 aliphatic carbocycles. The van der Waals surface area contributed by atoms with E-state index in [0.29, 0.717) is 23.3 Å². The van der Waals surface area contributed by atoms with Crippen molar-refractivity contribution in [1.29, 1.82) is 5.26 Å². The van der Waals surface area contributed by atoms with Gasteiger partial charge >= 0.3 is 0 Å². The van der Waals surface area contributed by atoms with Crippen LogP contribution < -0.4 is 0 Å². The molecule has 0 aliphatic heterocycles. The Labute approximate surface area is 221 Å². The molecule has 1 aromatic carbocycles. The molecule has 0 atom stereocenters. The summed E-state index contributed by atoms with van der Waals surface area (Å²) < 4.78 is 7.63. The van der Waals surface area contributed by atoms with E-state index in [9.17, 15) is 4.79 Å². The maximum absolute atomic E-state index is 13.2. The molecule has 4 aromatic heterocycles. The quantitative estimate of drug-likeness (QED) is 0.227. The topological polar surface area (TPSA) is 114 Å². The van der Waals surface area contributed by atoms with Gasteiger partial charge in [-0.1, -0.05) is 42.1 Å². The number of oxazole rings is 1. The van der Waals surface area contributed by atoms with E-state index in [1.807, 2.05) is 64.5 Å². The average molecular weight is 528 g/mol. The monoisotopic (exact) mass is 527 g/mol. The van der Waals surface area contributed by atoms with Crippen molar-refractivity contribution in [2.24, 2.45) is 0 Å². The Balaban J connectivity index is 1.33. The lowest BCUT2D eigenvalue weighted by atomic mass is 10.2. The SMILES string of the molecule is N#CCCN(Cc1cccnc1)C(=O)c1coc(CSc2nnc(-c3cccs3)n2-c2ccccc2)n1. The van der Waals surface area contributed by atoms with Crippen LogP contribution in [0.3, 0.4) is 0 Å². The van der Waals surface area contributed by atoms with Crippen molar-refractivity contribution >= 4 is 29.0 Å². The zero-order valence-electron chi connectivity index (χ0n) is 19.6. The van der Waals surface area contributed by atoms with Crippen molar-refractivity contribution in [2.75, 3.05) is 6.54 Å². The van der Waals surface area contributed by atoms with Gasteiger partial charge in [-0.3, -0.25) is 14.3 Å². The number of hydrogen-bond donors (Lipinski definition) is 0. The summed E-state index contributed by atoms with van der Waals surface area (Å²) in [6, 6.07) is 19.7. The Morgan fingerprint density at radius 3 is 2.78 bits per heavy atom. The van der Waals surface area contributed by atoms with Crippen LogP contribution in [0, 0.1) is 11.3 Å². The van der Waals surface area contributed by atoms with Crippen molar-refractivity contribution in [3.63, 3.8) is 0 Å². The number of carbonyl (C=O) groups excluding carboxylic acids is 1. The van der Waals surface area contributed by atoms with Crippen LogP contribution in [0.4, 0.5) is 0 Å². The Hall–Kier alpha value is -4.27. The lowest BCUT2D eigenvalue weighted by molar-refractivity contribution is 0.0740. The maximum atomic E-state index is 13.2. The highest BCUT2D eigenvalue weighted by atomic mass is 32.2. The predicted molar refractivity (Wildman–Crippen MR) is 140 cm³/mol. The summed E-state index contributed by atoms with van der Waals surface area (Å²) in [5, 5.41) is 20.6. The number of nitriles is 1. The van der Waals surface area contributed by atoms with Crippen molar-refractivity contribution in [3.05, 3.63) is 95.8 Å². The van der Waals surface area contributed by atoms with Gasteiger partial charge in [0.2, 0.25) is 5.89 Å². The smallest absolute Gasteiger partial charge is 0.276 e. The number of carbonyl (C=O) groups is 1. The van der Waals surface area contributed by atoms with Crippen LogP contribution in [0.5, 0.6) is 0 Å². The third kappa shape index (κ3) is 5.77. The second kappa shape index (κ2) is 11.6. The first kappa shape index (κ1) is 24.4. The second-order valence-corrected chi connectivity index (χ2v) is 9.76. The molecule has 0 spiro atoms. The molecule has 1 amide bonds. The normalized spacial score (nSPS) is 10.8. The number of hydrogen-bond acceptors (Lipinski definition) is 9. The van der Waals surface area contributed by atoms with Gasteiger partial charge in [0.15, 0.2) is 16.7 Å². The molecule has 0 aliphatic rings. The molecule has 0 fully saturated rings. The summed E-state index contributed by atoms with van der Waals surface area (Å²) in [6.45, 7) is 0.615. The number of benzene rings is 1. The van der Waals surface area contributed by atoms with Gasteiger partial charge in [0.1, 0.15) is 6.26 Å². The minimum atomic E-state index is -0.300. The molecule has 37 heavy (non-hydrogen) atoms. The molecule has 5 rings (SSSR count). The maximum Gasteiger partial charge on any atom is 0.276 e. The Morgan fingerprint density at radius 2 is 2.03 bits per heavy atom. The van der Waals surface area contributed by atoms with Gasteiger partial charge in [0, 0.05) is 31.2 Å². The number of amides is 1. The first-order valence-electron chi connectivity index (χ1n) is 11.4. The number of thioether (sulfide) groups is 1. The number of aromatic nitrogens is 5. The van der Waals surface area contributed by atoms with Gasteiger partial charge in [-0.05, 0) is 35.2 Å². The van der Waals surface area contributed by atoms with Crippen molar-refractivity contribution in [2.45, 2.75) is 23.9 Å². The summed E-state index contributed by atoms with van der Waals surface area (Å²) >= 11 is 3.02. The average Bonchev–Trinajstić information content (AvgIpc) is 3.71. The number of thiophene rings is 1. The zero-order valence-corrected chi connectivity index (χ0v) is 21.2. The highest BCUT2D eigenvalue weighted by Crippen LogP contribution is 2.31. The molecule has 0 N–H and O–H groups in total. The van der Waals surface area contributed by atoms with E-state index in [2.05, 4.69) is 26.2 Å². The van der Waals surface area contributed by atoms with Crippen LogP contribution in [-0.2, 0) is 12.3 Å². The van der Waals surface area contributed by atoms with Gasteiger partial charge in [0.25, 0.3) is 5.91 Å². The Bertz CT molecular complexity index is 1490. The summed E-state index contributed by atoms with van der Waals surface area (Å²) in [5.74, 6) is 1.22. The van der Waals surface area contributed by atoms with Gasteiger partial charge in [-0.15, -0.1) is 21.5 Å². The number of para-hydroxylation sites is 1. The van der Waals surface area contributed by atoms with Crippen LogP contribution in [0.25, 0.3) is 16.4 Å². The summed E-state index contributed by atoms with van der Waals surface area (Å²) in [6.07, 6.45) is 4.95. The second-order valence-electron chi connectivity index (χ2n) is 7.87. The molecule has 0 radical (unpaired) electrons. The molecule has 5 aromatic rings. The molecule has 4 heterocycles. The minimum absolute atomic E-state index is 0.196.